The van der Waals surface area contributed by atoms with Crippen LogP contribution in [-0.2, 0) is 7.05 Å². The van der Waals surface area contributed by atoms with E-state index in [2.05, 4.69) is 39.7 Å². The van der Waals surface area contributed by atoms with Gasteiger partial charge in [-0.2, -0.15) is 0 Å². The van der Waals surface area contributed by atoms with Crippen LogP contribution in [0.5, 0.6) is 0 Å². The predicted octanol–water partition coefficient (Wildman–Crippen LogP) is 2.38. The van der Waals surface area contributed by atoms with E-state index < -0.39 is 0 Å². The van der Waals surface area contributed by atoms with Gasteiger partial charge in [0.05, 0.1) is 6.20 Å². The largest absolute Gasteiger partial charge is 0.373 e. The van der Waals surface area contributed by atoms with E-state index in [4.69, 9.17) is 0 Å². The highest BCUT2D eigenvalue weighted by Crippen LogP contribution is 2.27. The normalized spacial score (nSPS) is 10.9. The first-order chi connectivity index (χ1) is 9.17. The molecule has 1 N–H and O–H groups in total. The second kappa shape index (κ2) is 4.35. The summed E-state index contributed by atoms with van der Waals surface area (Å²) in [5, 5.41) is 13.5. The van der Waals surface area contributed by atoms with E-state index in [1.807, 2.05) is 32.6 Å². The molecule has 0 radical (unpaired) electrons. The lowest BCUT2D eigenvalue weighted by Crippen LogP contribution is -1.92. The van der Waals surface area contributed by atoms with Crippen LogP contribution in [0.4, 0.5) is 5.82 Å². The Morgan fingerprint density at radius 2 is 2.05 bits per heavy atom. The molecule has 2 heterocycles. The number of aryl methyl sites for hydroxylation is 2. The Morgan fingerprint density at radius 3 is 2.74 bits per heavy atom. The molecule has 0 unspecified atom stereocenters. The quantitative estimate of drug-likeness (QED) is 0.762. The van der Waals surface area contributed by atoms with Crippen LogP contribution in [-0.4, -0.2) is 27.0 Å². The number of aromatic nitrogens is 4. The number of nitrogens with one attached hydrogen (secondary N) is 1. The van der Waals surface area contributed by atoms with Crippen LogP contribution in [0.2, 0.25) is 0 Å². The molecular formula is C14H15N5. The average Bonchev–Trinajstić information content (AvgIpc) is 2.84. The summed E-state index contributed by atoms with van der Waals surface area (Å²) < 4.78 is 1.71. The molecule has 2 aromatic heterocycles. The zero-order valence-electron chi connectivity index (χ0n) is 11.2. The van der Waals surface area contributed by atoms with Gasteiger partial charge in [0.1, 0.15) is 11.5 Å². The van der Waals surface area contributed by atoms with Crippen molar-refractivity contribution in [1.29, 1.82) is 0 Å². The molecule has 0 saturated heterocycles. The number of anilines is 1. The maximum atomic E-state index is 4.35. The van der Waals surface area contributed by atoms with Crippen LogP contribution >= 0.6 is 0 Å². The van der Waals surface area contributed by atoms with Gasteiger partial charge < -0.3 is 5.32 Å². The number of hydrogen-bond acceptors (Lipinski definition) is 4. The van der Waals surface area contributed by atoms with Gasteiger partial charge in [-0.05, 0) is 36.1 Å². The van der Waals surface area contributed by atoms with Crippen molar-refractivity contribution in [2.45, 2.75) is 6.92 Å². The van der Waals surface area contributed by atoms with Gasteiger partial charge in [-0.25, -0.2) is 4.98 Å². The van der Waals surface area contributed by atoms with Crippen molar-refractivity contribution < 1.29 is 0 Å². The summed E-state index contributed by atoms with van der Waals surface area (Å²) in [4.78, 5) is 4.35. The van der Waals surface area contributed by atoms with E-state index in [-0.39, 0.29) is 0 Å². The smallest absolute Gasteiger partial charge is 0.126 e. The van der Waals surface area contributed by atoms with E-state index in [1.54, 1.807) is 4.68 Å². The SMILES string of the molecule is CNc1cc2cc(-c3cn(C)nn3)cc(C)c2cn1. The second-order valence-corrected chi connectivity index (χ2v) is 4.61. The van der Waals surface area contributed by atoms with Crippen molar-refractivity contribution in [2.75, 3.05) is 12.4 Å². The maximum Gasteiger partial charge on any atom is 0.126 e. The first kappa shape index (κ1) is 11.6. The summed E-state index contributed by atoms with van der Waals surface area (Å²) in [5.74, 6) is 0.864. The molecule has 0 saturated carbocycles. The first-order valence-electron chi connectivity index (χ1n) is 6.12. The third-order valence-electron chi connectivity index (χ3n) is 3.20. The molecule has 0 atom stereocenters. The van der Waals surface area contributed by atoms with Gasteiger partial charge in [0, 0.05) is 31.2 Å². The van der Waals surface area contributed by atoms with Crippen LogP contribution in [0, 0.1) is 6.92 Å². The predicted molar refractivity (Wildman–Crippen MR) is 76.0 cm³/mol. The maximum absolute atomic E-state index is 4.35. The fourth-order valence-corrected chi connectivity index (χ4v) is 2.20. The molecule has 0 fully saturated rings. The molecule has 19 heavy (non-hydrogen) atoms. The number of nitrogens with zero attached hydrogens (tertiary/aromatic N) is 4. The molecule has 1 aromatic carbocycles. The number of fused-ring (bicyclic) bond motifs is 1. The lowest BCUT2D eigenvalue weighted by Gasteiger charge is -2.07. The lowest BCUT2D eigenvalue weighted by atomic mass is 10.0. The molecule has 0 aliphatic carbocycles. The van der Waals surface area contributed by atoms with E-state index in [9.17, 15) is 0 Å². The Kier molecular flexibility index (Phi) is 2.67. The van der Waals surface area contributed by atoms with Gasteiger partial charge in [-0.1, -0.05) is 5.21 Å². The summed E-state index contributed by atoms with van der Waals surface area (Å²) in [7, 11) is 3.74. The Balaban J connectivity index is 2.22. The van der Waals surface area contributed by atoms with Crippen LogP contribution in [0.3, 0.4) is 0 Å². The number of hydrogen-bond donors (Lipinski definition) is 1. The average molecular weight is 253 g/mol. The molecule has 5 heteroatoms. The van der Waals surface area contributed by atoms with Crippen molar-refractivity contribution in [3.8, 4) is 11.3 Å². The van der Waals surface area contributed by atoms with Crippen LogP contribution < -0.4 is 5.32 Å². The minimum Gasteiger partial charge on any atom is -0.373 e. The highest BCUT2D eigenvalue weighted by Gasteiger charge is 2.07. The zero-order chi connectivity index (χ0) is 13.4. The molecule has 0 spiro atoms. The summed E-state index contributed by atoms with van der Waals surface area (Å²) in [6.07, 6.45) is 3.82. The topological polar surface area (TPSA) is 55.6 Å². The minimum atomic E-state index is 0.864. The van der Waals surface area contributed by atoms with Crippen molar-refractivity contribution in [3.05, 3.63) is 36.2 Å². The number of pyridine rings is 1. The molecule has 3 aromatic rings. The molecular weight excluding hydrogens is 238 g/mol. The Bertz CT molecular complexity index is 745. The van der Waals surface area contributed by atoms with Gasteiger partial charge in [0.15, 0.2) is 0 Å². The van der Waals surface area contributed by atoms with E-state index >= 15 is 0 Å². The standard InChI is InChI=1S/C14H15N5/c1-9-4-11(13-8-19(3)18-17-13)5-10-6-14(15-2)16-7-12(9)10/h4-8H,1-3H3,(H,15,16). The number of benzene rings is 1. The van der Waals surface area contributed by atoms with Crippen LogP contribution in [0.15, 0.2) is 30.6 Å². The monoisotopic (exact) mass is 253 g/mol. The third-order valence-corrected chi connectivity index (χ3v) is 3.20. The van der Waals surface area contributed by atoms with Crippen LogP contribution in [0.25, 0.3) is 22.0 Å². The van der Waals surface area contributed by atoms with Gasteiger partial charge >= 0.3 is 0 Å². The van der Waals surface area contributed by atoms with Crippen molar-refractivity contribution >= 4 is 16.6 Å². The van der Waals surface area contributed by atoms with Gasteiger partial charge in [0.2, 0.25) is 0 Å². The lowest BCUT2D eigenvalue weighted by molar-refractivity contribution is 0.715. The van der Waals surface area contributed by atoms with Crippen LogP contribution in [0.1, 0.15) is 5.56 Å². The van der Waals surface area contributed by atoms with Gasteiger partial charge in [-0.15, -0.1) is 5.10 Å². The van der Waals surface area contributed by atoms with E-state index in [0.717, 1.165) is 27.8 Å². The summed E-state index contributed by atoms with van der Waals surface area (Å²) in [6.45, 7) is 2.09. The third kappa shape index (κ3) is 2.03. The molecule has 0 aliphatic rings. The summed E-state index contributed by atoms with van der Waals surface area (Å²) in [6, 6.07) is 6.28. The van der Waals surface area contributed by atoms with E-state index in [0.29, 0.717) is 0 Å². The van der Waals surface area contributed by atoms with Gasteiger partial charge in [0.25, 0.3) is 0 Å². The second-order valence-electron chi connectivity index (χ2n) is 4.61. The molecule has 96 valence electrons. The molecule has 5 nitrogen and oxygen atoms in total. The Labute approximate surface area is 111 Å². The number of rotatable bonds is 2. The highest BCUT2D eigenvalue weighted by molar-refractivity contribution is 5.90. The highest BCUT2D eigenvalue weighted by atomic mass is 15.4. The molecule has 0 amide bonds. The molecule has 0 aliphatic heterocycles. The fourth-order valence-electron chi connectivity index (χ4n) is 2.20. The zero-order valence-corrected chi connectivity index (χ0v) is 11.2. The Morgan fingerprint density at radius 1 is 1.21 bits per heavy atom. The molecule has 3 rings (SSSR count). The van der Waals surface area contributed by atoms with Crippen molar-refractivity contribution in [2.24, 2.45) is 7.05 Å². The minimum absolute atomic E-state index is 0.864. The van der Waals surface area contributed by atoms with Crippen molar-refractivity contribution in [3.63, 3.8) is 0 Å². The van der Waals surface area contributed by atoms with E-state index in [1.165, 1.54) is 5.56 Å². The molecule has 0 bridgehead atoms. The van der Waals surface area contributed by atoms with Gasteiger partial charge in [-0.3, -0.25) is 4.68 Å². The summed E-state index contributed by atoms with van der Waals surface area (Å²) in [5.41, 5.74) is 3.15. The summed E-state index contributed by atoms with van der Waals surface area (Å²) >= 11 is 0. The van der Waals surface area contributed by atoms with Crippen molar-refractivity contribution in [1.82, 2.24) is 20.0 Å². The first-order valence-corrected chi connectivity index (χ1v) is 6.12. The fraction of sp³-hybridized carbons (Fsp3) is 0.214. The Hall–Kier alpha value is -2.43.